The maximum Gasteiger partial charge on any atom is 0.263 e. The van der Waals surface area contributed by atoms with Gasteiger partial charge in [-0.15, -0.1) is 0 Å². The fourth-order valence-electron chi connectivity index (χ4n) is 2.24. The van der Waals surface area contributed by atoms with Crippen molar-refractivity contribution >= 4 is 21.7 Å². The molecule has 0 atom stereocenters. The highest BCUT2D eigenvalue weighted by Gasteiger charge is 2.15. The Morgan fingerprint density at radius 3 is 3.00 bits per heavy atom. The van der Waals surface area contributed by atoms with Crippen LogP contribution in [0.25, 0.3) is 0 Å². The lowest BCUT2D eigenvalue weighted by molar-refractivity contribution is 0.0601. The zero-order valence-corrected chi connectivity index (χ0v) is 13.0. The SMILES string of the molecule is Nc1ncc(Br)nc1Oc1cnn(CC2CCOCC2)c1. The van der Waals surface area contributed by atoms with Gasteiger partial charge in [0, 0.05) is 19.8 Å². The highest BCUT2D eigenvalue weighted by atomic mass is 79.9. The Morgan fingerprint density at radius 2 is 2.19 bits per heavy atom. The number of nitrogen functional groups attached to an aromatic ring is 1. The predicted molar refractivity (Wildman–Crippen MR) is 80.0 cm³/mol. The quantitative estimate of drug-likeness (QED) is 0.906. The summed E-state index contributed by atoms with van der Waals surface area (Å²) in [5, 5.41) is 4.31. The number of aromatic nitrogens is 4. The van der Waals surface area contributed by atoms with Crippen LogP contribution in [0.4, 0.5) is 5.82 Å². The van der Waals surface area contributed by atoms with E-state index in [-0.39, 0.29) is 11.7 Å². The Morgan fingerprint density at radius 1 is 1.38 bits per heavy atom. The van der Waals surface area contributed by atoms with Crippen LogP contribution in [0, 0.1) is 5.92 Å². The van der Waals surface area contributed by atoms with E-state index in [2.05, 4.69) is 31.0 Å². The van der Waals surface area contributed by atoms with Gasteiger partial charge in [0.15, 0.2) is 11.6 Å². The van der Waals surface area contributed by atoms with Gasteiger partial charge in [-0.05, 0) is 34.7 Å². The highest BCUT2D eigenvalue weighted by molar-refractivity contribution is 9.10. The standard InChI is InChI=1S/C13H16BrN5O2/c14-11-6-16-12(15)13(18-11)21-10-5-17-19(8-10)7-9-1-3-20-4-2-9/h5-6,8-9H,1-4,7H2,(H2,15,16). The fraction of sp³-hybridized carbons (Fsp3) is 0.462. The number of halogens is 1. The molecule has 0 bridgehead atoms. The maximum absolute atomic E-state index is 5.73. The minimum atomic E-state index is 0.246. The zero-order valence-electron chi connectivity index (χ0n) is 11.4. The van der Waals surface area contributed by atoms with E-state index < -0.39 is 0 Å². The first-order valence-corrected chi connectivity index (χ1v) is 7.56. The molecule has 21 heavy (non-hydrogen) atoms. The van der Waals surface area contributed by atoms with Crippen LogP contribution in [0.2, 0.25) is 0 Å². The van der Waals surface area contributed by atoms with Gasteiger partial charge < -0.3 is 15.2 Å². The van der Waals surface area contributed by atoms with Crippen molar-refractivity contribution in [1.82, 2.24) is 19.7 Å². The van der Waals surface area contributed by atoms with E-state index in [1.54, 1.807) is 6.20 Å². The van der Waals surface area contributed by atoms with Gasteiger partial charge in [0.2, 0.25) is 0 Å². The summed E-state index contributed by atoms with van der Waals surface area (Å²) >= 11 is 3.24. The molecule has 3 rings (SSSR count). The number of anilines is 1. The van der Waals surface area contributed by atoms with Crippen molar-refractivity contribution in [3.63, 3.8) is 0 Å². The molecular formula is C13H16BrN5O2. The fourth-order valence-corrected chi connectivity index (χ4v) is 2.50. The third kappa shape index (κ3) is 3.70. The molecule has 0 saturated carbocycles. The zero-order chi connectivity index (χ0) is 14.7. The Kier molecular flexibility index (Phi) is 4.35. The molecule has 2 aromatic heterocycles. The van der Waals surface area contributed by atoms with E-state index in [1.807, 2.05) is 10.9 Å². The van der Waals surface area contributed by atoms with E-state index >= 15 is 0 Å². The van der Waals surface area contributed by atoms with E-state index in [0.29, 0.717) is 16.3 Å². The molecule has 0 spiro atoms. The minimum absolute atomic E-state index is 0.246. The van der Waals surface area contributed by atoms with Crippen molar-refractivity contribution in [3.8, 4) is 11.6 Å². The molecule has 2 aromatic rings. The van der Waals surface area contributed by atoms with Gasteiger partial charge in [-0.25, -0.2) is 9.97 Å². The van der Waals surface area contributed by atoms with Crippen molar-refractivity contribution in [3.05, 3.63) is 23.2 Å². The molecule has 0 radical (unpaired) electrons. The summed E-state index contributed by atoms with van der Waals surface area (Å²) in [6.45, 7) is 2.53. The first-order chi connectivity index (χ1) is 10.2. The molecule has 1 aliphatic heterocycles. The Balaban J connectivity index is 1.65. The molecule has 1 saturated heterocycles. The molecule has 0 amide bonds. The number of hydrogen-bond donors (Lipinski definition) is 1. The number of ether oxygens (including phenoxy) is 2. The molecule has 1 fully saturated rings. The van der Waals surface area contributed by atoms with Crippen LogP contribution in [0.15, 0.2) is 23.2 Å². The van der Waals surface area contributed by atoms with Crippen molar-refractivity contribution in [2.24, 2.45) is 5.92 Å². The summed E-state index contributed by atoms with van der Waals surface area (Å²) in [6.07, 6.45) is 7.16. The van der Waals surface area contributed by atoms with Crippen LogP contribution in [0.3, 0.4) is 0 Å². The molecule has 112 valence electrons. The Hall–Kier alpha value is -1.67. The topological polar surface area (TPSA) is 88.1 Å². The van der Waals surface area contributed by atoms with Crippen LogP contribution in [0.5, 0.6) is 11.6 Å². The van der Waals surface area contributed by atoms with E-state index in [0.717, 1.165) is 32.6 Å². The Labute approximate surface area is 130 Å². The summed E-state index contributed by atoms with van der Waals surface area (Å²) in [5.41, 5.74) is 5.73. The van der Waals surface area contributed by atoms with E-state index in [9.17, 15) is 0 Å². The van der Waals surface area contributed by atoms with Crippen molar-refractivity contribution < 1.29 is 9.47 Å². The summed E-state index contributed by atoms with van der Waals surface area (Å²) < 4.78 is 13.4. The molecular weight excluding hydrogens is 338 g/mol. The summed E-state index contributed by atoms with van der Waals surface area (Å²) in [4.78, 5) is 8.12. The molecule has 0 aliphatic carbocycles. The van der Waals surface area contributed by atoms with E-state index in [4.69, 9.17) is 15.2 Å². The molecule has 1 aliphatic rings. The van der Waals surface area contributed by atoms with Crippen LogP contribution < -0.4 is 10.5 Å². The molecule has 3 heterocycles. The van der Waals surface area contributed by atoms with Gasteiger partial charge in [0.25, 0.3) is 5.88 Å². The van der Waals surface area contributed by atoms with Crippen LogP contribution in [-0.4, -0.2) is 33.0 Å². The van der Waals surface area contributed by atoms with Gasteiger partial charge in [0.1, 0.15) is 4.60 Å². The number of nitrogens with two attached hydrogens (primary N) is 1. The first kappa shape index (κ1) is 14.3. The average molecular weight is 354 g/mol. The molecule has 2 N–H and O–H groups in total. The lowest BCUT2D eigenvalue weighted by Gasteiger charge is -2.21. The van der Waals surface area contributed by atoms with Gasteiger partial charge in [-0.2, -0.15) is 5.10 Å². The monoisotopic (exact) mass is 353 g/mol. The third-order valence-electron chi connectivity index (χ3n) is 3.35. The second kappa shape index (κ2) is 6.40. The molecule has 0 aromatic carbocycles. The largest absolute Gasteiger partial charge is 0.433 e. The van der Waals surface area contributed by atoms with Gasteiger partial charge >= 0.3 is 0 Å². The number of rotatable bonds is 4. The highest BCUT2D eigenvalue weighted by Crippen LogP contribution is 2.25. The van der Waals surface area contributed by atoms with Gasteiger partial charge in [0.05, 0.1) is 18.6 Å². The number of nitrogens with zero attached hydrogens (tertiary/aromatic N) is 4. The predicted octanol–water partition coefficient (Wildman–Crippen LogP) is 2.24. The second-order valence-electron chi connectivity index (χ2n) is 4.94. The summed E-state index contributed by atoms with van der Waals surface area (Å²) in [6, 6.07) is 0. The van der Waals surface area contributed by atoms with Crippen molar-refractivity contribution in [2.45, 2.75) is 19.4 Å². The van der Waals surface area contributed by atoms with Crippen molar-refractivity contribution in [2.75, 3.05) is 18.9 Å². The maximum atomic E-state index is 5.73. The smallest absolute Gasteiger partial charge is 0.263 e. The normalized spacial score (nSPS) is 16.0. The first-order valence-electron chi connectivity index (χ1n) is 6.77. The average Bonchev–Trinajstić information content (AvgIpc) is 2.91. The second-order valence-corrected chi connectivity index (χ2v) is 5.75. The van der Waals surface area contributed by atoms with Crippen LogP contribution >= 0.6 is 15.9 Å². The van der Waals surface area contributed by atoms with E-state index in [1.165, 1.54) is 6.20 Å². The van der Waals surface area contributed by atoms with Gasteiger partial charge in [-0.1, -0.05) is 0 Å². The lowest BCUT2D eigenvalue weighted by Crippen LogP contribution is -2.20. The summed E-state index contributed by atoms with van der Waals surface area (Å²) in [5.74, 6) is 1.72. The van der Waals surface area contributed by atoms with Gasteiger partial charge in [-0.3, -0.25) is 4.68 Å². The molecule has 7 nitrogen and oxygen atoms in total. The molecule has 0 unspecified atom stereocenters. The Bertz CT molecular complexity index is 612. The lowest BCUT2D eigenvalue weighted by atomic mass is 10.0. The molecule has 8 heteroatoms. The van der Waals surface area contributed by atoms with Crippen molar-refractivity contribution in [1.29, 1.82) is 0 Å². The van der Waals surface area contributed by atoms with Crippen LogP contribution in [0.1, 0.15) is 12.8 Å². The number of hydrogen-bond acceptors (Lipinski definition) is 6. The third-order valence-corrected chi connectivity index (χ3v) is 3.73. The minimum Gasteiger partial charge on any atom is -0.433 e. The summed E-state index contributed by atoms with van der Waals surface area (Å²) in [7, 11) is 0. The van der Waals surface area contributed by atoms with Crippen LogP contribution in [-0.2, 0) is 11.3 Å².